The van der Waals surface area contributed by atoms with E-state index in [0.29, 0.717) is 6.61 Å². The number of aliphatic hydroxyl groups is 1. The van der Waals surface area contributed by atoms with Gasteiger partial charge in [0, 0.05) is 16.1 Å². The topological polar surface area (TPSA) is 41.5 Å². The van der Waals surface area contributed by atoms with Gasteiger partial charge in [0.15, 0.2) is 0 Å². The summed E-state index contributed by atoms with van der Waals surface area (Å²) in [5.74, 6) is 0.974. The van der Waals surface area contributed by atoms with Crippen molar-refractivity contribution in [2.75, 3.05) is 13.2 Å². The molecule has 0 aliphatic carbocycles. The minimum atomic E-state index is -0.829. The van der Waals surface area contributed by atoms with Crippen LogP contribution in [0.1, 0.15) is 52.6 Å². The summed E-state index contributed by atoms with van der Waals surface area (Å²) in [6, 6.07) is 6.21. The fraction of sp³-hybridized carbons (Fsp3) is 0.647. The minimum absolute atomic E-state index is 0.145. The highest BCUT2D eigenvalue weighted by atomic mass is 79.9. The molecule has 120 valence electrons. The summed E-state index contributed by atoms with van der Waals surface area (Å²) in [6.45, 7) is 11.4. The van der Waals surface area contributed by atoms with Gasteiger partial charge >= 0.3 is 0 Å². The lowest BCUT2D eigenvalue weighted by molar-refractivity contribution is -0.0269. The van der Waals surface area contributed by atoms with Crippen molar-refractivity contribution >= 4 is 15.9 Å². The molecule has 1 aromatic carbocycles. The van der Waals surface area contributed by atoms with Gasteiger partial charge in [-0.05, 0) is 50.9 Å². The van der Waals surface area contributed by atoms with Crippen molar-refractivity contribution in [2.45, 2.75) is 52.7 Å². The van der Waals surface area contributed by atoms with Crippen LogP contribution in [0.3, 0.4) is 0 Å². The molecule has 0 radical (unpaired) electrons. The summed E-state index contributed by atoms with van der Waals surface area (Å²) < 4.78 is 6.94. The molecule has 4 heteroatoms. The Bertz CT molecular complexity index is 446. The monoisotopic (exact) mass is 357 g/mol. The van der Waals surface area contributed by atoms with Crippen molar-refractivity contribution in [3.8, 4) is 5.75 Å². The third kappa shape index (κ3) is 5.61. The predicted molar refractivity (Wildman–Crippen MR) is 91.8 cm³/mol. The van der Waals surface area contributed by atoms with E-state index < -0.39 is 5.60 Å². The van der Waals surface area contributed by atoms with Crippen LogP contribution in [-0.2, 0) is 0 Å². The summed E-state index contributed by atoms with van der Waals surface area (Å²) in [7, 11) is 0. The van der Waals surface area contributed by atoms with E-state index >= 15 is 0 Å². The van der Waals surface area contributed by atoms with Gasteiger partial charge in [0.1, 0.15) is 12.4 Å². The van der Waals surface area contributed by atoms with E-state index in [-0.39, 0.29) is 12.0 Å². The third-order valence-electron chi connectivity index (χ3n) is 3.90. The number of hydrogen-bond donors (Lipinski definition) is 2. The summed E-state index contributed by atoms with van der Waals surface area (Å²) >= 11 is 3.51. The molecule has 0 amide bonds. The first-order chi connectivity index (χ1) is 9.77. The highest BCUT2D eigenvalue weighted by Crippen LogP contribution is 2.30. The lowest BCUT2D eigenvalue weighted by atomic mass is 9.93. The largest absolute Gasteiger partial charge is 0.490 e. The number of nitrogens with one attached hydrogen (secondary N) is 1. The van der Waals surface area contributed by atoms with Crippen LogP contribution in [0.25, 0.3) is 0 Å². The molecular weight excluding hydrogens is 330 g/mol. The molecular formula is C17H28BrNO2. The van der Waals surface area contributed by atoms with Gasteiger partial charge in [-0.2, -0.15) is 0 Å². The molecule has 1 rings (SSSR count). The molecule has 1 aromatic rings. The Kier molecular flexibility index (Phi) is 7.17. The van der Waals surface area contributed by atoms with Crippen LogP contribution >= 0.6 is 15.9 Å². The molecule has 0 bridgehead atoms. The number of halogens is 1. The summed E-state index contributed by atoms with van der Waals surface area (Å²) in [5.41, 5.74) is 0.280. The molecule has 3 nitrogen and oxygen atoms in total. The Balaban J connectivity index is 2.86. The normalized spacial score (nSPS) is 15.8. The number of rotatable bonds is 8. The third-order valence-corrected chi connectivity index (χ3v) is 4.40. The lowest BCUT2D eigenvalue weighted by Gasteiger charge is -2.28. The van der Waals surface area contributed by atoms with Gasteiger partial charge in [-0.3, -0.25) is 0 Å². The highest BCUT2D eigenvalue weighted by molar-refractivity contribution is 9.10. The van der Waals surface area contributed by atoms with E-state index in [1.165, 1.54) is 0 Å². The van der Waals surface area contributed by atoms with Crippen LogP contribution in [0.2, 0.25) is 0 Å². The van der Waals surface area contributed by atoms with Crippen LogP contribution in [0.4, 0.5) is 0 Å². The molecule has 0 saturated heterocycles. The molecule has 0 fully saturated rings. The maximum absolute atomic E-state index is 10.3. The molecule has 0 heterocycles. The van der Waals surface area contributed by atoms with Gasteiger partial charge in [-0.1, -0.05) is 36.7 Å². The van der Waals surface area contributed by atoms with E-state index in [4.69, 9.17) is 4.74 Å². The maximum atomic E-state index is 10.3. The molecule has 2 unspecified atom stereocenters. The second-order valence-corrected chi connectivity index (χ2v) is 7.07. The smallest absolute Gasteiger partial charge is 0.124 e. The van der Waals surface area contributed by atoms with Gasteiger partial charge in [-0.15, -0.1) is 0 Å². The highest BCUT2D eigenvalue weighted by Gasteiger charge is 2.26. The van der Waals surface area contributed by atoms with Crippen LogP contribution in [0.15, 0.2) is 22.7 Å². The minimum Gasteiger partial charge on any atom is -0.490 e. The number of hydrogen-bond acceptors (Lipinski definition) is 3. The van der Waals surface area contributed by atoms with Crippen molar-refractivity contribution in [3.05, 3.63) is 28.2 Å². The SMILES string of the molecule is CCCNC(C)c1cc(Br)ccc1OCC(C)(O)C(C)C. The molecule has 0 spiro atoms. The average Bonchev–Trinajstić information content (AvgIpc) is 2.43. The van der Waals surface area contributed by atoms with Crippen molar-refractivity contribution in [2.24, 2.45) is 5.92 Å². The van der Waals surface area contributed by atoms with Crippen LogP contribution in [0.5, 0.6) is 5.75 Å². The molecule has 0 aromatic heterocycles. The first kappa shape index (κ1) is 18.5. The number of ether oxygens (including phenoxy) is 1. The first-order valence-corrected chi connectivity index (χ1v) is 8.45. The second-order valence-electron chi connectivity index (χ2n) is 6.16. The Morgan fingerprint density at radius 1 is 1.33 bits per heavy atom. The van der Waals surface area contributed by atoms with Gasteiger partial charge in [0.25, 0.3) is 0 Å². The fourth-order valence-corrected chi connectivity index (χ4v) is 2.23. The molecule has 0 saturated carbocycles. The average molecular weight is 358 g/mol. The molecule has 21 heavy (non-hydrogen) atoms. The zero-order chi connectivity index (χ0) is 16.0. The number of benzene rings is 1. The Hall–Kier alpha value is -0.580. The summed E-state index contributed by atoms with van der Waals surface area (Å²) in [4.78, 5) is 0. The van der Waals surface area contributed by atoms with E-state index in [2.05, 4.69) is 41.2 Å². The van der Waals surface area contributed by atoms with E-state index in [1.807, 2.05) is 32.9 Å². The van der Waals surface area contributed by atoms with Crippen molar-refractivity contribution < 1.29 is 9.84 Å². The molecule has 0 aliphatic rings. The molecule has 2 atom stereocenters. The van der Waals surface area contributed by atoms with Crippen molar-refractivity contribution in [1.29, 1.82) is 0 Å². The summed E-state index contributed by atoms with van der Waals surface area (Å²) in [6.07, 6.45) is 1.09. The summed E-state index contributed by atoms with van der Waals surface area (Å²) in [5, 5.41) is 13.8. The van der Waals surface area contributed by atoms with Gasteiger partial charge < -0.3 is 15.2 Å². The second kappa shape index (κ2) is 8.16. The van der Waals surface area contributed by atoms with Crippen LogP contribution < -0.4 is 10.1 Å². The zero-order valence-electron chi connectivity index (χ0n) is 13.7. The molecule has 0 aliphatic heterocycles. The van der Waals surface area contributed by atoms with Crippen LogP contribution in [-0.4, -0.2) is 23.9 Å². The van der Waals surface area contributed by atoms with E-state index in [1.54, 1.807) is 0 Å². The van der Waals surface area contributed by atoms with Gasteiger partial charge in [0.2, 0.25) is 0 Å². The van der Waals surface area contributed by atoms with Gasteiger partial charge in [0.05, 0.1) is 5.60 Å². The van der Waals surface area contributed by atoms with Crippen molar-refractivity contribution in [3.63, 3.8) is 0 Å². The fourth-order valence-electron chi connectivity index (χ4n) is 1.85. The van der Waals surface area contributed by atoms with E-state index in [0.717, 1.165) is 28.8 Å². The zero-order valence-corrected chi connectivity index (χ0v) is 15.3. The Morgan fingerprint density at radius 3 is 2.57 bits per heavy atom. The standard InChI is InChI=1S/C17H28BrNO2/c1-6-9-19-13(4)15-10-14(18)7-8-16(15)21-11-17(5,20)12(2)3/h7-8,10,12-13,19-20H,6,9,11H2,1-5H3. The molecule has 2 N–H and O–H groups in total. The quantitative estimate of drug-likeness (QED) is 0.728. The predicted octanol–water partition coefficient (Wildman–Crippen LogP) is 4.30. The van der Waals surface area contributed by atoms with E-state index in [9.17, 15) is 5.11 Å². The Labute approximate surface area is 137 Å². The van der Waals surface area contributed by atoms with Gasteiger partial charge in [-0.25, -0.2) is 0 Å². The van der Waals surface area contributed by atoms with Crippen molar-refractivity contribution in [1.82, 2.24) is 5.32 Å². The lowest BCUT2D eigenvalue weighted by Crippen LogP contribution is -2.38. The maximum Gasteiger partial charge on any atom is 0.124 e. The van der Waals surface area contributed by atoms with Crippen LogP contribution in [0, 0.1) is 5.92 Å². The Morgan fingerprint density at radius 2 is 2.00 bits per heavy atom. The first-order valence-electron chi connectivity index (χ1n) is 7.66.